The summed E-state index contributed by atoms with van der Waals surface area (Å²) in [6.07, 6.45) is 1.44. The van der Waals surface area contributed by atoms with Crippen LogP contribution in [0, 0.1) is 0 Å². The Morgan fingerprint density at radius 1 is 0.875 bits per heavy atom. The normalized spacial score (nSPS) is 11.1. The highest BCUT2D eigenvalue weighted by atomic mass is 35.5. The topological polar surface area (TPSA) is 92.8 Å². The van der Waals surface area contributed by atoms with Crippen LogP contribution in [0.3, 0.4) is 0 Å². The molecule has 0 aliphatic heterocycles. The predicted octanol–water partition coefficient (Wildman–Crippen LogP) is 7.79. The van der Waals surface area contributed by atoms with Gasteiger partial charge in [-0.25, -0.2) is 10.2 Å². The van der Waals surface area contributed by atoms with Crippen molar-refractivity contribution in [3.05, 3.63) is 117 Å². The highest BCUT2D eigenvalue weighted by Crippen LogP contribution is 2.38. The van der Waals surface area contributed by atoms with Crippen LogP contribution in [0.25, 0.3) is 22.0 Å². The monoisotopic (exact) mass is 591 g/mol. The molecule has 4 aromatic carbocycles. The lowest BCUT2D eigenvalue weighted by Crippen LogP contribution is -2.18. The number of nitrogens with one attached hydrogen (secondary N) is 2. The van der Waals surface area contributed by atoms with Gasteiger partial charge in [-0.05, 0) is 65.7 Å². The van der Waals surface area contributed by atoms with Gasteiger partial charge in [0, 0.05) is 26.5 Å². The lowest BCUT2D eigenvalue weighted by Gasteiger charge is -2.10. The molecule has 0 unspecified atom stereocenters. The number of hydrazone groups is 1. The number of halogens is 3. The Morgan fingerprint density at radius 2 is 1.62 bits per heavy atom. The third kappa shape index (κ3) is 5.82. The molecule has 7 nitrogen and oxygen atoms in total. The number of amides is 1. The third-order valence-corrected chi connectivity index (χ3v) is 6.72. The van der Waals surface area contributed by atoms with E-state index in [2.05, 4.69) is 15.5 Å². The summed E-state index contributed by atoms with van der Waals surface area (Å²) in [6, 6.07) is 24.0. The summed E-state index contributed by atoms with van der Waals surface area (Å²) < 4.78 is 10.9. The highest BCUT2D eigenvalue weighted by Gasteiger charge is 2.21. The first-order valence-corrected chi connectivity index (χ1v) is 13.0. The smallest absolute Gasteiger partial charge is 0.343 e. The molecular weight excluding hydrogens is 573 g/mol. The van der Waals surface area contributed by atoms with Crippen LogP contribution in [-0.4, -0.2) is 30.2 Å². The van der Waals surface area contributed by atoms with E-state index in [-0.39, 0.29) is 11.4 Å². The van der Waals surface area contributed by atoms with Gasteiger partial charge in [-0.15, -0.1) is 0 Å². The van der Waals surface area contributed by atoms with Crippen molar-refractivity contribution in [1.29, 1.82) is 0 Å². The molecule has 10 heteroatoms. The molecule has 5 aromatic rings. The van der Waals surface area contributed by atoms with Gasteiger partial charge >= 0.3 is 5.97 Å². The Morgan fingerprint density at radius 3 is 2.35 bits per heavy atom. The first-order chi connectivity index (χ1) is 19.3. The second-order valence-electron chi connectivity index (χ2n) is 8.56. The zero-order valence-corrected chi connectivity index (χ0v) is 23.1. The number of carbonyl (C=O) groups is 2. The molecular formula is C30H20Cl3N3O4. The quantitative estimate of drug-likeness (QED) is 0.0873. The number of esters is 1. The number of fused-ring (bicyclic) bond motifs is 1. The van der Waals surface area contributed by atoms with Gasteiger partial charge < -0.3 is 14.5 Å². The molecule has 5 rings (SSSR count). The number of H-pyrrole nitrogens is 1. The first-order valence-electron chi connectivity index (χ1n) is 11.9. The first kappa shape index (κ1) is 27.3. The van der Waals surface area contributed by atoms with E-state index in [4.69, 9.17) is 44.3 Å². The van der Waals surface area contributed by atoms with Crippen LogP contribution >= 0.6 is 34.8 Å². The maximum Gasteiger partial charge on any atom is 0.343 e. The number of methoxy groups -OCH3 is 1. The average molecular weight is 593 g/mol. The Hall–Kier alpha value is -4.30. The van der Waals surface area contributed by atoms with Crippen LogP contribution in [0.15, 0.2) is 90.0 Å². The summed E-state index contributed by atoms with van der Waals surface area (Å²) >= 11 is 18.6. The van der Waals surface area contributed by atoms with Gasteiger partial charge in [-0.3, -0.25) is 4.79 Å². The minimum atomic E-state index is -0.558. The zero-order chi connectivity index (χ0) is 28.2. The molecule has 200 valence electrons. The molecule has 0 radical (unpaired) electrons. The van der Waals surface area contributed by atoms with Gasteiger partial charge in [0.2, 0.25) is 0 Å². The summed E-state index contributed by atoms with van der Waals surface area (Å²) in [7, 11) is 1.45. The van der Waals surface area contributed by atoms with Gasteiger partial charge in [-0.1, -0.05) is 65.1 Å². The molecule has 0 saturated heterocycles. The molecule has 0 aliphatic carbocycles. The lowest BCUT2D eigenvalue weighted by molar-refractivity contribution is 0.0729. The largest absolute Gasteiger partial charge is 0.493 e. The number of carbonyl (C=O) groups excluding carboxylic acids is 2. The minimum Gasteiger partial charge on any atom is -0.493 e. The standard InChI is InChI=1S/C30H20Cl3N3O4/c1-39-25-13-17(7-12-24(25)40-30(38)19-8-10-20(31)11-9-19)16-34-36-29(37)28-26(18-5-3-2-4-6-18)27-22(33)14-21(32)15-23(27)35-28/h2-16,35H,1H3,(H,36,37). The Kier molecular flexibility index (Phi) is 8.07. The summed E-state index contributed by atoms with van der Waals surface area (Å²) in [4.78, 5) is 28.8. The van der Waals surface area contributed by atoms with Crippen LogP contribution in [0.5, 0.6) is 11.5 Å². The predicted molar refractivity (Wildman–Crippen MR) is 158 cm³/mol. The molecule has 0 fully saturated rings. The van der Waals surface area contributed by atoms with E-state index in [0.717, 1.165) is 5.56 Å². The fraction of sp³-hybridized carbons (Fsp3) is 0.0333. The van der Waals surface area contributed by atoms with Crippen LogP contribution < -0.4 is 14.9 Å². The van der Waals surface area contributed by atoms with E-state index in [1.54, 1.807) is 54.6 Å². The average Bonchev–Trinajstić information content (AvgIpc) is 3.34. The zero-order valence-electron chi connectivity index (χ0n) is 20.9. The van der Waals surface area contributed by atoms with Gasteiger partial charge in [0.1, 0.15) is 5.69 Å². The van der Waals surface area contributed by atoms with Crippen molar-refractivity contribution >= 4 is 63.8 Å². The molecule has 40 heavy (non-hydrogen) atoms. The van der Waals surface area contributed by atoms with Crippen molar-refractivity contribution in [2.24, 2.45) is 5.10 Å². The number of nitrogens with zero attached hydrogens (tertiary/aromatic N) is 1. The van der Waals surface area contributed by atoms with Crippen molar-refractivity contribution in [3.8, 4) is 22.6 Å². The molecule has 1 heterocycles. The third-order valence-electron chi connectivity index (χ3n) is 5.95. The minimum absolute atomic E-state index is 0.227. The lowest BCUT2D eigenvalue weighted by atomic mass is 10.0. The number of benzene rings is 4. The summed E-state index contributed by atoms with van der Waals surface area (Å²) in [5.74, 6) is -0.493. The Balaban J connectivity index is 1.36. The number of hydrogen-bond acceptors (Lipinski definition) is 5. The van der Waals surface area contributed by atoms with Crippen molar-refractivity contribution < 1.29 is 19.1 Å². The van der Waals surface area contributed by atoms with Crippen molar-refractivity contribution in [2.45, 2.75) is 0 Å². The molecule has 2 N–H and O–H groups in total. The second kappa shape index (κ2) is 11.8. The van der Waals surface area contributed by atoms with Crippen LogP contribution in [0.1, 0.15) is 26.4 Å². The van der Waals surface area contributed by atoms with E-state index in [1.807, 2.05) is 30.3 Å². The summed E-state index contributed by atoms with van der Waals surface area (Å²) in [5.41, 5.74) is 5.84. The van der Waals surface area contributed by atoms with Crippen LogP contribution in [-0.2, 0) is 0 Å². The molecule has 1 amide bonds. The van der Waals surface area contributed by atoms with E-state index in [9.17, 15) is 9.59 Å². The van der Waals surface area contributed by atoms with E-state index in [0.29, 0.717) is 48.4 Å². The number of aromatic nitrogens is 1. The van der Waals surface area contributed by atoms with E-state index in [1.165, 1.54) is 13.3 Å². The molecule has 0 atom stereocenters. The van der Waals surface area contributed by atoms with Gasteiger partial charge in [0.15, 0.2) is 11.5 Å². The summed E-state index contributed by atoms with van der Waals surface area (Å²) in [5, 5.41) is 6.16. The van der Waals surface area contributed by atoms with Crippen LogP contribution in [0.4, 0.5) is 0 Å². The molecule has 0 saturated carbocycles. The number of aromatic amines is 1. The maximum absolute atomic E-state index is 13.2. The molecule has 0 spiro atoms. The second-order valence-corrected chi connectivity index (χ2v) is 9.84. The SMILES string of the molecule is COc1cc(C=NNC(=O)c2[nH]c3cc(Cl)cc(Cl)c3c2-c2ccccc2)ccc1OC(=O)c1ccc(Cl)cc1. The number of ether oxygens (including phenoxy) is 2. The van der Waals surface area contributed by atoms with Gasteiger partial charge in [0.05, 0.1) is 23.9 Å². The van der Waals surface area contributed by atoms with E-state index >= 15 is 0 Å². The van der Waals surface area contributed by atoms with Gasteiger partial charge in [-0.2, -0.15) is 5.10 Å². The summed E-state index contributed by atoms with van der Waals surface area (Å²) in [6.45, 7) is 0. The maximum atomic E-state index is 13.2. The fourth-order valence-electron chi connectivity index (χ4n) is 4.13. The van der Waals surface area contributed by atoms with Crippen molar-refractivity contribution in [2.75, 3.05) is 7.11 Å². The van der Waals surface area contributed by atoms with Gasteiger partial charge in [0.25, 0.3) is 5.91 Å². The van der Waals surface area contributed by atoms with Crippen molar-refractivity contribution in [3.63, 3.8) is 0 Å². The molecule has 1 aromatic heterocycles. The Labute approximate surface area is 244 Å². The molecule has 0 bridgehead atoms. The number of hydrogen-bond donors (Lipinski definition) is 2. The fourth-order valence-corrected chi connectivity index (χ4v) is 4.84. The highest BCUT2D eigenvalue weighted by molar-refractivity contribution is 6.40. The van der Waals surface area contributed by atoms with E-state index < -0.39 is 11.9 Å². The van der Waals surface area contributed by atoms with Crippen LogP contribution in [0.2, 0.25) is 15.1 Å². The molecule has 0 aliphatic rings. The van der Waals surface area contributed by atoms with Crippen molar-refractivity contribution in [1.82, 2.24) is 10.4 Å². The Bertz CT molecular complexity index is 1750. The number of rotatable bonds is 7.